The number of rotatable bonds is 8. The van der Waals surface area contributed by atoms with Gasteiger partial charge in [-0.3, -0.25) is 0 Å². The van der Waals surface area contributed by atoms with Gasteiger partial charge in [-0.25, -0.2) is 0 Å². The van der Waals surface area contributed by atoms with Gasteiger partial charge in [0, 0.05) is 18.8 Å². The maximum absolute atomic E-state index is 5.34. The van der Waals surface area contributed by atoms with Gasteiger partial charge in [-0.1, -0.05) is 42.5 Å². The highest BCUT2D eigenvalue weighted by Crippen LogP contribution is 2.27. The highest BCUT2D eigenvalue weighted by molar-refractivity contribution is 5.57. The first-order chi connectivity index (χ1) is 10.8. The van der Waals surface area contributed by atoms with Gasteiger partial charge in [0.1, 0.15) is 5.75 Å². The van der Waals surface area contributed by atoms with Crippen molar-refractivity contribution in [1.29, 1.82) is 0 Å². The topological polar surface area (TPSA) is 12.5 Å². The Hall–Kier alpha value is -2.48. The van der Waals surface area contributed by atoms with Gasteiger partial charge in [0.25, 0.3) is 0 Å². The third-order valence-corrected chi connectivity index (χ3v) is 3.56. The average molecular weight is 293 g/mol. The molecule has 0 aliphatic heterocycles. The molecule has 0 radical (unpaired) electrons. The lowest BCUT2D eigenvalue weighted by Gasteiger charge is -2.26. The average Bonchev–Trinajstić information content (AvgIpc) is 2.56. The molecule has 22 heavy (non-hydrogen) atoms. The van der Waals surface area contributed by atoms with Gasteiger partial charge < -0.3 is 9.64 Å². The Morgan fingerprint density at radius 1 is 1.05 bits per heavy atom. The number of methoxy groups -OCH3 is 1. The summed E-state index contributed by atoms with van der Waals surface area (Å²) < 4.78 is 5.34. The molecule has 0 unspecified atom stereocenters. The summed E-state index contributed by atoms with van der Waals surface area (Å²) >= 11 is 0. The molecule has 0 saturated carbocycles. The summed E-state index contributed by atoms with van der Waals surface area (Å²) in [5.41, 5.74) is 3.70. The Morgan fingerprint density at radius 3 is 2.45 bits per heavy atom. The van der Waals surface area contributed by atoms with Gasteiger partial charge in [0.15, 0.2) is 0 Å². The number of hydrogen-bond acceptors (Lipinski definition) is 2. The van der Waals surface area contributed by atoms with Crippen molar-refractivity contribution in [3.63, 3.8) is 0 Å². The first-order valence-corrected chi connectivity index (χ1v) is 7.46. The van der Waals surface area contributed by atoms with Crippen LogP contribution in [0.1, 0.15) is 11.1 Å². The fourth-order valence-electron chi connectivity index (χ4n) is 2.52. The third-order valence-electron chi connectivity index (χ3n) is 3.56. The van der Waals surface area contributed by atoms with E-state index in [1.54, 1.807) is 7.11 Å². The van der Waals surface area contributed by atoms with Crippen molar-refractivity contribution in [2.75, 3.05) is 18.6 Å². The lowest BCUT2D eigenvalue weighted by molar-refractivity contribution is 0.414. The van der Waals surface area contributed by atoms with Gasteiger partial charge in [0.05, 0.1) is 7.11 Å². The first-order valence-electron chi connectivity index (χ1n) is 7.46. The van der Waals surface area contributed by atoms with Crippen LogP contribution in [0, 0.1) is 0 Å². The molecule has 2 aromatic carbocycles. The number of benzene rings is 2. The molecule has 2 aromatic rings. The number of nitrogens with zero attached hydrogens (tertiary/aromatic N) is 1. The minimum Gasteiger partial charge on any atom is -0.497 e. The zero-order valence-corrected chi connectivity index (χ0v) is 13.2. The largest absolute Gasteiger partial charge is 0.497 e. The molecule has 0 fully saturated rings. The van der Waals surface area contributed by atoms with E-state index in [2.05, 4.69) is 54.5 Å². The molecule has 0 aliphatic rings. The van der Waals surface area contributed by atoms with Crippen molar-refractivity contribution in [3.8, 4) is 5.75 Å². The van der Waals surface area contributed by atoms with Crippen molar-refractivity contribution in [2.24, 2.45) is 0 Å². The van der Waals surface area contributed by atoms with Crippen molar-refractivity contribution >= 4 is 5.69 Å². The van der Waals surface area contributed by atoms with Crippen LogP contribution >= 0.6 is 0 Å². The third kappa shape index (κ3) is 4.01. The normalized spacial score (nSPS) is 10.0. The molecule has 0 aliphatic carbocycles. The van der Waals surface area contributed by atoms with E-state index in [1.165, 1.54) is 16.8 Å². The van der Waals surface area contributed by atoms with Crippen LogP contribution in [0.25, 0.3) is 0 Å². The molecule has 114 valence electrons. The molecule has 0 atom stereocenters. The van der Waals surface area contributed by atoms with Crippen LogP contribution in [-0.2, 0) is 13.0 Å². The quantitative estimate of drug-likeness (QED) is 0.659. The molecule has 0 amide bonds. The van der Waals surface area contributed by atoms with Gasteiger partial charge >= 0.3 is 0 Å². The zero-order chi connectivity index (χ0) is 15.8. The van der Waals surface area contributed by atoms with Gasteiger partial charge in [-0.05, 0) is 35.7 Å². The highest BCUT2D eigenvalue weighted by Gasteiger charge is 2.11. The number of allylic oxidation sites excluding steroid dienone is 1. The number of ether oxygens (including phenoxy) is 1. The highest BCUT2D eigenvalue weighted by atomic mass is 16.5. The number of hydrogen-bond donors (Lipinski definition) is 0. The maximum atomic E-state index is 5.34. The molecule has 0 spiro atoms. The van der Waals surface area contributed by atoms with Gasteiger partial charge in [0.2, 0.25) is 0 Å². The standard InChI is InChI=1S/C20H23NO/c1-4-9-18-15-19(22-3)12-13-20(18)21(14-5-2)16-17-10-7-6-8-11-17/h4-8,10-13,15H,1-2,9,14,16H2,3H3. The van der Waals surface area contributed by atoms with E-state index in [9.17, 15) is 0 Å². The van der Waals surface area contributed by atoms with Crippen LogP contribution in [0.3, 0.4) is 0 Å². The van der Waals surface area contributed by atoms with E-state index in [4.69, 9.17) is 4.74 Å². The Labute approximate surface area is 133 Å². The van der Waals surface area contributed by atoms with Crippen molar-refractivity contribution in [1.82, 2.24) is 0 Å². The summed E-state index contributed by atoms with van der Waals surface area (Å²) in [4.78, 5) is 2.32. The van der Waals surface area contributed by atoms with Gasteiger partial charge in [-0.15, -0.1) is 13.2 Å². The molecule has 0 N–H and O–H groups in total. The van der Waals surface area contributed by atoms with Crippen LogP contribution in [0.2, 0.25) is 0 Å². The summed E-state index contributed by atoms with van der Waals surface area (Å²) in [7, 11) is 1.69. The van der Waals surface area contributed by atoms with Crippen molar-refractivity contribution < 1.29 is 4.74 Å². The smallest absolute Gasteiger partial charge is 0.119 e. The second kappa shape index (κ2) is 8.08. The summed E-state index contributed by atoms with van der Waals surface area (Å²) in [6.45, 7) is 9.40. The Kier molecular flexibility index (Phi) is 5.84. The Bertz CT molecular complexity index is 619. The second-order valence-electron chi connectivity index (χ2n) is 5.14. The zero-order valence-electron chi connectivity index (χ0n) is 13.2. The monoisotopic (exact) mass is 293 g/mol. The molecule has 2 heteroatoms. The molecular weight excluding hydrogens is 270 g/mol. The van der Waals surface area contributed by atoms with E-state index in [0.29, 0.717) is 0 Å². The molecule has 0 aromatic heterocycles. The Morgan fingerprint density at radius 2 is 1.82 bits per heavy atom. The van der Waals surface area contributed by atoms with Gasteiger partial charge in [-0.2, -0.15) is 0 Å². The second-order valence-corrected chi connectivity index (χ2v) is 5.14. The van der Waals surface area contributed by atoms with Crippen LogP contribution in [-0.4, -0.2) is 13.7 Å². The summed E-state index contributed by atoms with van der Waals surface area (Å²) in [5, 5.41) is 0. The van der Waals surface area contributed by atoms with Crippen LogP contribution in [0.15, 0.2) is 73.8 Å². The van der Waals surface area contributed by atoms with Crippen molar-refractivity contribution in [2.45, 2.75) is 13.0 Å². The summed E-state index contributed by atoms with van der Waals surface area (Å²) in [6.07, 6.45) is 4.67. The maximum Gasteiger partial charge on any atom is 0.119 e. The van der Waals surface area contributed by atoms with Crippen LogP contribution in [0.4, 0.5) is 5.69 Å². The minimum atomic E-state index is 0.797. The lowest BCUT2D eigenvalue weighted by Crippen LogP contribution is -2.23. The molecule has 2 rings (SSSR count). The molecule has 0 bridgehead atoms. The Balaban J connectivity index is 2.34. The van der Waals surface area contributed by atoms with E-state index < -0.39 is 0 Å². The minimum absolute atomic E-state index is 0.797. The SMILES string of the molecule is C=CCc1cc(OC)ccc1N(CC=C)Cc1ccccc1. The van der Waals surface area contributed by atoms with E-state index in [-0.39, 0.29) is 0 Å². The molecule has 0 heterocycles. The van der Waals surface area contributed by atoms with E-state index in [1.807, 2.05) is 24.3 Å². The summed E-state index contributed by atoms with van der Waals surface area (Å²) in [6, 6.07) is 16.7. The lowest BCUT2D eigenvalue weighted by atomic mass is 10.1. The molecular formula is C20H23NO. The first kappa shape index (κ1) is 15.9. The fourth-order valence-corrected chi connectivity index (χ4v) is 2.52. The van der Waals surface area contributed by atoms with Crippen LogP contribution in [0.5, 0.6) is 5.75 Å². The van der Waals surface area contributed by atoms with Crippen molar-refractivity contribution in [3.05, 3.63) is 85.0 Å². The fraction of sp³-hybridized carbons (Fsp3) is 0.200. The van der Waals surface area contributed by atoms with Crippen LogP contribution < -0.4 is 9.64 Å². The predicted octanol–water partition coefficient (Wildman–Crippen LogP) is 4.62. The van der Waals surface area contributed by atoms with E-state index in [0.717, 1.165) is 25.3 Å². The molecule has 0 saturated heterocycles. The van der Waals surface area contributed by atoms with E-state index >= 15 is 0 Å². The predicted molar refractivity (Wildman–Crippen MR) is 94.6 cm³/mol. The summed E-state index contributed by atoms with van der Waals surface area (Å²) in [5.74, 6) is 0.874. The molecule has 2 nitrogen and oxygen atoms in total. The number of anilines is 1.